The maximum atomic E-state index is 12.2. The molecule has 0 radical (unpaired) electrons. The summed E-state index contributed by atoms with van der Waals surface area (Å²) >= 11 is 0. The molecule has 0 aliphatic heterocycles. The standard InChI is InChI=1S/C18H21N3O5S/c1-11-7-12(2)18(13(3)8-11)20-17(22)10-19-15-6-5-14(27(4,25)26)9-16(15)21(23)24/h5-9,19H,10H2,1-4H3,(H,20,22). The van der Waals surface area contributed by atoms with Crippen molar-refractivity contribution in [2.75, 3.05) is 23.4 Å². The molecule has 0 unspecified atom stereocenters. The Kier molecular flexibility index (Phi) is 5.85. The quantitative estimate of drug-likeness (QED) is 0.577. The molecule has 0 saturated carbocycles. The van der Waals surface area contributed by atoms with Gasteiger partial charge in [-0.15, -0.1) is 0 Å². The molecule has 9 heteroatoms. The largest absolute Gasteiger partial charge is 0.371 e. The number of sulfone groups is 1. The third-order valence-electron chi connectivity index (χ3n) is 3.97. The average molecular weight is 391 g/mol. The van der Waals surface area contributed by atoms with Gasteiger partial charge in [-0.3, -0.25) is 14.9 Å². The number of nitro benzene ring substituents is 1. The highest BCUT2D eigenvalue weighted by atomic mass is 32.2. The smallest absolute Gasteiger partial charge is 0.293 e. The monoisotopic (exact) mass is 391 g/mol. The molecule has 2 rings (SSSR count). The fourth-order valence-electron chi connectivity index (χ4n) is 2.78. The molecule has 0 fully saturated rings. The van der Waals surface area contributed by atoms with Crippen molar-refractivity contribution in [1.82, 2.24) is 0 Å². The van der Waals surface area contributed by atoms with Crippen molar-refractivity contribution in [3.05, 3.63) is 57.1 Å². The molecular weight excluding hydrogens is 370 g/mol. The van der Waals surface area contributed by atoms with Gasteiger partial charge in [0.05, 0.1) is 16.4 Å². The molecule has 1 amide bonds. The molecule has 2 aromatic carbocycles. The number of amides is 1. The Morgan fingerprint density at radius 3 is 2.22 bits per heavy atom. The summed E-state index contributed by atoms with van der Waals surface area (Å²) in [6, 6.07) is 7.42. The van der Waals surface area contributed by atoms with E-state index >= 15 is 0 Å². The van der Waals surface area contributed by atoms with Crippen molar-refractivity contribution < 1.29 is 18.1 Å². The maximum Gasteiger partial charge on any atom is 0.293 e. The van der Waals surface area contributed by atoms with Gasteiger partial charge in [0.25, 0.3) is 5.69 Å². The molecule has 0 aliphatic carbocycles. The highest BCUT2D eigenvalue weighted by Crippen LogP contribution is 2.27. The lowest BCUT2D eigenvalue weighted by atomic mass is 10.1. The Morgan fingerprint density at radius 1 is 1.11 bits per heavy atom. The minimum Gasteiger partial charge on any atom is -0.371 e. The first-order valence-electron chi connectivity index (χ1n) is 8.09. The van der Waals surface area contributed by atoms with Gasteiger partial charge in [0, 0.05) is 18.0 Å². The van der Waals surface area contributed by atoms with Crippen LogP contribution in [-0.4, -0.2) is 32.0 Å². The van der Waals surface area contributed by atoms with Gasteiger partial charge in [-0.25, -0.2) is 8.42 Å². The predicted molar refractivity (Wildman–Crippen MR) is 104 cm³/mol. The Balaban J connectivity index is 2.17. The minimum atomic E-state index is -3.57. The number of hydrogen-bond donors (Lipinski definition) is 2. The van der Waals surface area contributed by atoms with Gasteiger partial charge in [-0.1, -0.05) is 17.7 Å². The Bertz CT molecular complexity index is 993. The average Bonchev–Trinajstić information content (AvgIpc) is 2.55. The molecule has 2 N–H and O–H groups in total. The van der Waals surface area contributed by atoms with Crippen LogP contribution < -0.4 is 10.6 Å². The van der Waals surface area contributed by atoms with Crippen LogP contribution in [0.1, 0.15) is 16.7 Å². The summed E-state index contributed by atoms with van der Waals surface area (Å²) in [5, 5.41) is 16.7. The first kappa shape index (κ1) is 20.4. The summed E-state index contributed by atoms with van der Waals surface area (Å²) in [7, 11) is -3.57. The zero-order valence-electron chi connectivity index (χ0n) is 15.5. The van der Waals surface area contributed by atoms with Crippen molar-refractivity contribution in [3.8, 4) is 0 Å². The van der Waals surface area contributed by atoms with Gasteiger partial charge in [-0.05, 0) is 44.0 Å². The van der Waals surface area contributed by atoms with Gasteiger partial charge in [0.1, 0.15) is 5.69 Å². The van der Waals surface area contributed by atoms with E-state index in [0.29, 0.717) is 5.69 Å². The second-order valence-corrected chi connectivity index (χ2v) is 8.40. The van der Waals surface area contributed by atoms with Crippen LogP contribution in [0.5, 0.6) is 0 Å². The molecule has 0 saturated heterocycles. The van der Waals surface area contributed by atoms with Gasteiger partial charge < -0.3 is 10.6 Å². The van der Waals surface area contributed by atoms with Crippen LogP contribution >= 0.6 is 0 Å². The van der Waals surface area contributed by atoms with E-state index in [2.05, 4.69) is 10.6 Å². The second kappa shape index (κ2) is 7.75. The van der Waals surface area contributed by atoms with E-state index in [0.717, 1.165) is 29.0 Å². The van der Waals surface area contributed by atoms with Crippen LogP contribution in [-0.2, 0) is 14.6 Å². The lowest BCUT2D eigenvalue weighted by molar-refractivity contribution is -0.384. The first-order valence-corrected chi connectivity index (χ1v) is 9.98. The van der Waals surface area contributed by atoms with Crippen LogP contribution in [0.4, 0.5) is 17.1 Å². The molecule has 0 aromatic heterocycles. The molecule has 0 heterocycles. The molecule has 0 aliphatic rings. The van der Waals surface area contributed by atoms with E-state index in [-0.39, 0.29) is 23.0 Å². The maximum absolute atomic E-state index is 12.2. The molecule has 27 heavy (non-hydrogen) atoms. The van der Waals surface area contributed by atoms with Gasteiger partial charge >= 0.3 is 0 Å². The summed E-state index contributed by atoms with van der Waals surface area (Å²) in [5.41, 5.74) is 3.29. The van der Waals surface area contributed by atoms with E-state index in [1.807, 2.05) is 32.9 Å². The fourth-order valence-corrected chi connectivity index (χ4v) is 3.42. The number of anilines is 2. The number of carbonyl (C=O) groups is 1. The summed E-state index contributed by atoms with van der Waals surface area (Å²) in [6.45, 7) is 5.54. The van der Waals surface area contributed by atoms with Crippen LogP contribution in [0.3, 0.4) is 0 Å². The Morgan fingerprint density at radius 2 is 1.70 bits per heavy atom. The molecular formula is C18H21N3O5S. The van der Waals surface area contributed by atoms with E-state index in [1.165, 1.54) is 12.1 Å². The van der Waals surface area contributed by atoms with Crippen molar-refractivity contribution in [2.24, 2.45) is 0 Å². The Labute approximate surface area is 157 Å². The number of nitrogens with one attached hydrogen (secondary N) is 2. The van der Waals surface area contributed by atoms with Crippen LogP contribution in [0, 0.1) is 30.9 Å². The van der Waals surface area contributed by atoms with Crippen molar-refractivity contribution in [3.63, 3.8) is 0 Å². The lowest BCUT2D eigenvalue weighted by Crippen LogP contribution is -2.23. The number of hydrogen-bond acceptors (Lipinski definition) is 6. The number of nitro groups is 1. The second-order valence-electron chi connectivity index (χ2n) is 6.38. The highest BCUT2D eigenvalue weighted by Gasteiger charge is 2.19. The number of benzene rings is 2. The van der Waals surface area contributed by atoms with Crippen LogP contribution in [0.2, 0.25) is 0 Å². The van der Waals surface area contributed by atoms with E-state index in [1.54, 1.807) is 0 Å². The van der Waals surface area contributed by atoms with Crippen molar-refractivity contribution in [1.29, 1.82) is 0 Å². The molecule has 8 nitrogen and oxygen atoms in total. The highest BCUT2D eigenvalue weighted by molar-refractivity contribution is 7.90. The summed E-state index contributed by atoms with van der Waals surface area (Å²) in [6.07, 6.45) is 0.971. The minimum absolute atomic E-state index is 0.0694. The van der Waals surface area contributed by atoms with Crippen LogP contribution in [0.15, 0.2) is 35.2 Å². The fraction of sp³-hybridized carbons (Fsp3) is 0.278. The van der Waals surface area contributed by atoms with Gasteiger partial charge in [0.2, 0.25) is 5.91 Å². The molecule has 2 aromatic rings. The number of carbonyl (C=O) groups excluding carboxylic acids is 1. The zero-order chi connectivity index (χ0) is 20.4. The zero-order valence-corrected chi connectivity index (χ0v) is 16.3. The number of rotatable bonds is 6. The van der Waals surface area contributed by atoms with Crippen LogP contribution in [0.25, 0.3) is 0 Å². The third-order valence-corrected chi connectivity index (χ3v) is 5.09. The number of aryl methyl sites for hydroxylation is 3. The molecule has 0 spiro atoms. The normalized spacial score (nSPS) is 11.1. The predicted octanol–water partition coefficient (Wildman–Crippen LogP) is 2.97. The summed E-state index contributed by atoms with van der Waals surface area (Å²) in [4.78, 5) is 22.6. The first-order chi connectivity index (χ1) is 12.5. The molecule has 0 atom stereocenters. The molecule has 0 bridgehead atoms. The van der Waals surface area contributed by atoms with E-state index < -0.39 is 20.4 Å². The van der Waals surface area contributed by atoms with Crippen molar-refractivity contribution in [2.45, 2.75) is 25.7 Å². The van der Waals surface area contributed by atoms with Gasteiger partial charge in [-0.2, -0.15) is 0 Å². The number of nitrogens with zero attached hydrogens (tertiary/aromatic N) is 1. The third kappa shape index (κ3) is 5.04. The van der Waals surface area contributed by atoms with E-state index in [9.17, 15) is 23.3 Å². The van der Waals surface area contributed by atoms with E-state index in [4.69, 9.17) is 0 Å². The lowest BCUT2D eigenvalue weighted by Gasteiger charge is -2.13. The topological polar surface area (TPSA) is 118 Å². The van der Waals surface area contributed by atoms with Crippen molar-refractivity contribution >= 4 is 32.8 Å². The summed E-state index contributed by atoms with van der Waals surface area (Å²) in [5.74, 6) is -0.369. The Hall–Kier alpha value is -2.94. The van der Waals surface area contributed by atoms with Gasteiger partial charge in [0.15, 0.2) is 9.84 Å². The SMILES string of the molecule is Cc1cc(C)c(NC(=O)CNc2ccc(S(C)(=O)=O)cc2[N+](=O)[O-])c(C)c1. The summed E-state index contributed by atoms with van der Waals surface area (Å²) < 4.78 is 23.1. The molecule has 144 valence electrons.